The highest BCUT2D eigenvalue weighted by Crippen LogP contribution is 2.31. The second-order valence-corrected chi connectivity index (χ2v) is 10.5. The van der Waals surface area contributed by atoms with Crippen molar-refractivity contribution in [2.75, 3.05) is 44.2 Å². The summed E-state index contributed by atoms with van der Waals surface area (Å²) >= 11 is 7.24. The van der Waals surface area contributed by atoms with Crippen molar-refractivity contribution in [3.8, 4) is 0 Å². The average Bonchev–Trinajstić information content (AvgIpc) is 3.43. The van der Waals surface area contributed by atoms with Crippen molar-refractivity contribution < 1.29 is 14.0 Å². The van der Waals surface area contributed by atoms with Crippen molar-refractivity contribution in [3.63, 3.8) is 0 Å². The quantitative estimate of drug-likeness (QED) is 0.517. The number of piperidine rings is 1. The van der Waals surface area contributed by atoms with Crippen LogP contribution in [0.2, 0.25) is 5.02 Å². The van der Waals surface area contributed by atoms with Crippen LogP contribution < -0.4 is 10.2 Å². The van der Waals surface area contributed by atoms with Crippen LogP contribution in [0.5, 0.6) is 0 Å². The molecule has 1 aromatic carbocycles. The number of likely N-dealkylation sites (tertiary alicyclic amines) is 1. The number of urea groups is 1. The molecule has 0 atom stereocenters. The van der Waals surface area contributed by atoms with Gasteiger partial charge in [0.05, 0.1) is 5.01 Å². The van der Waals surface area contributed by atoms with Crippen LogP contribution in [-0.2, 0) is 6.54 Å². The Hall–Kier alpha value is -3.24. The third-order valence-electron chi connectivity index (χ3n) is 6.85. The summed E-state index contributed by atoms with van der Waals surface area (Å²) in [5.41, 5.74) is 0.696. The van der Waals surface area contributed by atoms with Gasteiger partial charge < -0.3 is 20.0 Å². The van der Waals surface area contributed by atoms with Gasteiger partial charge in [0.25, 0.3) is 5.91 Å². The number of carbonyl (C=O) groups is 2. The summed E-state index contributed by atoms with van der Waals surface area (Å²) in [6.45, 7) is 4.30. The van der Waals surface area contributed by atoms with Crippen molar-refractivity contribution in [3.05, 3.63) is 75.1 Å². The molecule has 4 heterocycles. The van der Waals surface area contributed by atoms with Crippen LogP contribution in [0.4, 0.5) is 15.0 Å². The molecular weight excluding hydrogens is 515 g/mol. The average molecular weight is 543 g/mol. The second-order valence-electron chi connectivity index (χ2n) is 9.20. The molecule has 0 spiro atoms. The first-order chi connectivity index (χ1) is 18.0. The fraction of sp³-hybridized carbons (Fsp3) is 0.385. The molecule has 194 valence electrons. The van der Waals surface area contributed by atoms with Gasteiger partial charge in [0, 0.05) is 73.9 Å². The van der Waals surface area contributed by atoms with E-state index in [0.717, 1.165) is 36.8 Å². The molecule has 3 amide bonds. The smallest absolute Gasteiger partial charge is 0.320 e. The van der Waals surface area contributed by atoms with Gasteiger partial charge >= 0.3 is 6.03 Å². The SMILES string of the molecule is O=C(NCc1ccc(Cl)cc1F)c1csc(C2CCN(C(=O)N3CCN(c4ccccn4)CC3)CC2)n1. The lowest BCUT2D eigenvalue weighted by Gasteiger charge is -2.39. The number of amides is 3. The maximum atomic E-state index is 14.0. The lowest BCUT2D eigenvalue weighted by atomic mass is 9.98. The lowest BCUT2D eigenvalue weighted by Crippen LogP contribution is -2.54. The topological polar surface area (TPSA) is 81.7 Å². The van der Waals surface area contributed by atoms with Crippen LogP contribution in [0.25, 0.3) is 0 Å². The van der Waals surface area contributed by atoms with E-state index in [9.17, 15) is 14.0 Å². The van der Waals surface area contributed by atoms with Crippen LogP contribution in [0.15, 0.2) is 48.0 Å². The Kier molecular flexibility index (Phi) is 7.85. The molecule has 3 aromatic rings. The van der Waals surface area contributed by atoms with Gasteiger partial charge in [-0.05, 0) is 37.1 Å². The molecule has 0 saturated carbocycles. The molecule has 2 aliphatic heterocycles. The summed E-state index contributed by atoms with van der Waals surface area (Å²) in [7, 11) is 0. The van der Waals surface area contributed by atoms with Crippen molar-refractivity contribution in [2.24, 2.45) is 0 Å². The van der Waals surface area contributed by atoms with Crippen molar-refractivity contribution in [1.82, 2.24) is 25.1 Å². The number of hydrogen-bond acceptors (Lipinski definition) is 6. The predicted molar refractivity (Wildman–Crippen MR) is 142 cm³/mol. The highest BCUT2D eigenvalue weighted by Gasteiger charge is 2.30. The first-order valence-electron chi connectivity index (χ1n) is 12.4. The minimum Gasteiger partial charge on any atom is -0.353 e. The zero-order valence-corrected chi connectivity index (χ0v) is 21.8. The van der Waals surface area contributed by atoms with Gasteiger partial charge in [-0.25, -0.2) is 19.2 Å². The van der Waals surface area contributed by atoms with E-state index < -0.39 is 5.82 Å². The molecule has 37 heavy (non-hydrogen) atoms. The molecule has 8 nitrogen and oxygen atoms in total. The maximum Gasteiger partial charge on any atom is 0.320 e. The zero-order valence-electron chi connectivity index (χ0n) is 20.3. The number of carbonyl (C=O) groups excluding carboxylic acids is 2. The minimum atomic E-state index is -0.455. The van der Waals surface area contributed by atoms with E-state index in [4.69, 9.17) is 11.6 Å². The molecule has 0 aliphatic carbocycles. The Morgan fingerprint density at radius 1 is 1.05 bits per heavy atom. The third-order valence-corrected chi connectivity index (χ3v) is 8.09. The van der Waals surface area contributed by atoms with Crippen molar-refractivity contribution >= 4 is 40.7 Å². The first kappa shape index (κ1) is 25.4. The number of nitrogens with one attached hydrogen (secondary N) is 1. The van der Waals surface area contributed by atoms with Crippen LogP contribution in [0.1, 0.15) is 39.8 Å². The van der Waals surface area contributed by atoms with Crippen molar-refractivity contribution in [1.29, 1.82) is 0 Å². The van der Waals surface area contributed by atoms with E-state index in [-0.39, 0.29) is 24.4 Å². The van der Waals surface area contributed by atoms with E-state index in [0.29, 0.717) is 42.5 Å². The number of aromatic nitrogens is 2. The molecule has 0 bridgehead atoms. The molecule has 0 unspecified atom stereocenters. The predicted octanol–water partition coefficient (Wildman–Crippen LogP) is 4.38. The van der Waals surface area contributed by atoms with Gasteiger partial charge in [-0.2, -0.15) is 0 Å². The van der Waals surface area contributed by atoms with Gasteiger partial charge in [0.15, 0.2) is 0 Å². The second kappa shape index (κ2) is 11.4. The zero-order chi connectivity index (χ0) is 25.8. The molecule has 5 rings (SSSR count). The van der Waals surface area contributed by atoms with Gasteiger partial charge in [-0.3, -0.25) is 4.79 Å². The highest BCUT2D eigenvalue weighted by molar-refractivity contribution is 7.09. The molecular formula is C26H28ClFN6O2S. The van der Waals surface area contributed by atoms with Gasteiger partial charge in [-0.1, -0.05) is 23.7 Å². The van der Waals surface area contributed by atoms with E-state index in [1.807, 2.05) is 28.0 Å². The van der Waals surface area contributed by atoms with E-state index in [1.54, 1.807) is 23.7 Å². The summed E-state index contributed by atoms with van der Waals surface area (Å²) in [5, 5.41) is 5.67. The molecule has 2 aromatic heterocycles. The standard InChI is InChI=1S/C26H28ClFN6O2S/c27-20-5-4-19(21(28)15-20)16-30-24(35)22-17-37-25(31-22)18-6-9-33(10-7-18)26(36)34-13-11-32(12-14-34)23-3-1-2-8-29-23/h1-5,8,15,17-18H,6-7,9-14,16H2,(H,30,35). The minimum absolute atomic E-state index is 0.0608. The van der Waals surface area contributed by atoms with E-state index in [2.05, 4.69) is 20.2 Å². The monoisotopic (exact) mass is 542 g/mol. The van der Waals surface area contributed by atoms with Gasteiger partial charge in [0.1, 0.15) is 17.3 Å². The number of anilines is 1. The molecule has 11 heteroatoms. The molecule has 2 fully saturated rings. The van der Waals surface area contributed by atoms with Crippen LogP contribution >= 0.6 is 22.9 Å². The number of benzene rings is 1. The van der Waals surface area contributed by atoms with E-state index in [1.165, 1.54) is 17.4 Å². The molecule has 0 radical (unpaired) electrons. The first-order valence-corrected chi connectivity index (χ1v) is 13.6. The number of halogens is 2. The largest absolute Gasteiger partial charge is 0.353 e. The maximum absolute atomic E-state index is 14.0. The normalized spacial score (nSPS) is 16.6. The summed E-state index contributed by atoms with van der Waals surface area (Å²) in [5.74, 6) is 0.367. The molecule has 2 saturated heterocycles. The Balaban J connectivity index is 1.09. The molecule has 1 N–H and O–H groups in total. The van der Waals surface area contributed by atoms with Crippen LogP contribution in [0.3, 0.4) is 0 Å². The lowest BCUT2D eigenvalue weighted by molar-refractivity contribution is 0.0946. The Bertz CT molecular complexity index is 1240. The summed E-state index contributed by atoms with van der Waals surface area (Å²) in [6, 6.07) is 10.3. The highest BCUT2D eigenvalue weighted by atomic mass is 35.5. The van der Waals surface area contributed by atoms with Gasteiger partial charge in [0.2, 0.25) is 0 Å². The number of piperazine rings is 1. The summed E-state index contributed by atoms with van der Waals surface area (Å²) < 4.78 is 14.0. The van der Waals surface area contributed by atoms with Gasteiger partial charge in [-0.15, -0.1) is 11.3 Å². The van der Waals surface area contributed by atoms with Crippen LogP contribution in [-0.4, -0.2) is 71.0 Å². The summed E-state index contributed by atoms with van der Waals surface area (Å²) in [6.07, 6.45) is 3.41. The number of rotatable bonds is 5. The fourth-order valence-electron chi connectivity index (χ4n) is 4.70. The van der Waals surface area contributed by atoms with Crippen molar-refractivity contribution in [2.45, 2.75) is 25.3 Å². The number of hydrogen-bond donors (Lipinski definition) is 1. The Labute approximate surface area is 224 Å². The Morgan fingerprint density at radius 3 is 2.51 bits per heavy atom. The number of thiazole rings is 1. The third kappa shape index (κ3) is 6.02. The fourth-order valence-corrected chi connectivity index (χ4v) is 5.83. The Morgan fingerprint density at radius 2 is 1.81 bits per heavy atom. The van der Waals surface area contributed by atoms with E-state index >= 15 is 0 Å². The number of nitrogens with zero attached hydrogens (tertiary/aromatic N) is 5. The summed E-state index contributed by atoms with van der Waals surface area (Å²) in [4.78, 5) is 40.6. The molecule has 2 aliphatic rings. The van der Waals surface area contributed by atoms with Crippen LogP contribution in [0, 0.1) is 5.82 Å². The number of pyridine rings is 1.